The number of halogens is 6. The van der Waals surface area contributed by atoms with Crippen molar-refractivity contribution in [1.29, 1.82) is 0 Å². The first-order valence-electron chi connectivity index (χ1n) is 21.2. The van der Waals surface area contributed by atoms with Crippen molar-refractivity contribution in [2.75, 3.05) is 20.3 Å². The van der Waals surface area contributed by atoms with Gasteiger partial charge in [0.15, 0.2) is 40.9 Å². The van der Waals surface area contributed by atoms with E-state index in [1.165, 1.54) is 55.8 Å². The van der Waals surface area contributed by atoms with Crippen molar-refractivity contribution in [2.24, 2.45) is 0 Å². The van der Waals surface area contributed by atoms with E-state index in [1.54, 1.807) is 18.2 Å². The van der Waals surface area contributed by atoms with Gasteiger partial charge in [-0.3, -0.25) is 24.0 Å². The van der Waals surface area contributed by atoms with Gasteiger partial charge in [-0.25, -0.2) is 40.7 Å². The van der Waals surface area contributed by atoms with Gasteiger partial charge in [0.2, 0.25) is 5.91 Å². The monoisotopic (exact) mass is 1020 g/mol. The van der Waals surface area contributed by atoms with E-state index in [2.05, 4.69) is 35.9 Å². The lowest BCUT2D eigenvalue weighted by Crippen LogP contribution is -2.50. The lowest BCUT2D eigenvalue weighted by molar-refractivity contribution is -0.140. The summed E-state index contributed by atoms with van der Waals surface area (Å²) in [5, 5.41) is 16.5. The molecule has 0 saturated heterocycles. The average Bonchev–Trinajstić information content (AvgIpc) is 3.93. The van der Waals surface area contributed by atoms with Gasteiger partial charge in [0.05, 0.1) is 35.2 Å². The molecule has 0 aliphatic rings. The molecule has 0 aliphatic heterocycles. The number of carboxylic acid groups (broad SMARTS) is 1. The molecule has 0 fully saturated rings. The number of imidazole rings is 2. The minimum atomic E-state index is -1.65. The fourth-order valence-corrected chi connectivity index (χ4v) is 7.03. The first kappa shape index (κ1) is 51.2. The number of likely N-dealkylation sites (N-methyl/N-ethyl adjacent to an activating group) is 1. The standard InChI is InChI=1S/C24H20F3N5O5.C23H17F3N4O6/c1-28-22(34)19(11-37-13-4-5-17-18(9-13)31-24(36)30-17)29-21(33)14-3-2-6-32(23(14)35)10-12-7-15(25)20(27)16(26)8-12;24-14-6-11(7-15(25)19(14)26)9-30-5-1-2-13(21(30)32)20(31)27-18(22(33)34)10-36-12-3-4-16-17(8-12)29-23(35)28-16/h2-9,19H,10-11H2,1H3,(H,28,34)(H,29,33)(H2,30,31,36);1-8,18H,9-10H2,(H,27,31)(H,33,34)(H2,28,29,35)/t19-;18-/m00/s1. The summed E-state index contributed by atoms with van der Waals surface area (Å²) < 4.78 is 93.5. The summed E-state index contributed by atoms with van der Waals surface area (Å²) in [6.07, 6.45) is 2.54. The second-order valence-electron chi connectivity index (χ2n) is 15.7. The number of amides is 3. The number of carboxylic acids is 1. The summed E-state index contributed by atoms with van der Waals surface area (Å²) in [7, 11) is 1.36. The number of hydrogen-bond acceptors (Lipinski definition) is 10. The Bertz CT molecular complexity index is 3630. The van der Waals surface area contributed by atoms with E-state index in [0.29, 0.717) is 27.8 Å². The van der Waals surface area contributed by atoms with Gasteiger partial charge in [-0.1, -0.05) is 0 Å². The molecule has 0 unspecified atom stereocenters. The number of aromatic amines is 4. The molecule has 0 aliphatic carbocycles. The fourth-order valence-electron chi connectivity index (χ4n) is 7.03. The molecular weight excluding hydrogens is 981 g/mol. The molecule has 4 aromatic carbocycles. The van der Waals surface area contributed by atoms with Gasteiger partial charge in [0.1, 0.15) is 41.9 Å². The summed E-state index contributed by atoms with van der Waals surface area (Å²) in [5.74, 6) is -12.4. The third kappa shape index (κ3) is 12.2. The van der Waals surface area contributed by atoms with Crippen molar-refractivity contribution in [3.63, 3.8) is 0 Å². The number of carbonyl (C=O) groups excluding carboxylic acids is 3. The third-order valence-electron chi connectivity index (χ3n) is 10.6. The molecular formula is C47H37F6N9O11. The highest BCUT2D eigenvalue weighted by atomic mass is 19.2. The van der Waals surface area contributed by atoms with Crippen molar-refractivity contribution < 1.29 is 60.1 Å². The number of H-pyrrole nitrogens is 4. The van der Waals surface area contributed by atoms with Gasteiger partial charge in [-0.15, -0.1) is 0 Å². The van der Waals surface area contributed by atoms with E-state index in [0.717, 1.165) is 39.5 Å². The van der Waals surface area contributed by atoms with Crippen LogP contribution in [0.5, 0.6) is 11.5 Å². The van der Waals surface area contributed by atoms with E-state index in [1.807, 2.05) is 0 Å². The van der Waals surface area contributed by atoms with Crippen LogP contribution in [0.15, 0.2) is 117 Å². The van der Waals surface area contributed by atoms with Crippen LogP contribution in [0.3, 0.4) is 0 Å². The number of nitrogens with zero attached hydrogens (tertiary/aromatic N) is 2. The largest absolute Gasteiger partial charge is 0.491 e. The van der Waals surface area contributed by atoms with Crippen molar-refractivity contribution >= 4 is 45.8 Å². The molecule has 73 heavy (non-hydrogen) atoms. The second kappa shape index (κ2) is 22.0. The van der Waals surface area contributed by atoms with Crippen molar-refractivity contribution in [3.8, 4) is 11.5 Å². The molecule has 8 rings (SSSR count). The van der Waals surface area contributed by atoms with Gasteiger partial charge in [-0.2, -0.15) is 0 Å². The molecule has 8 N–H and O–H groups in total. The highest BCUT2D eigenvalue weighted by Gasteiger charge is 2.26. The van der Waals surface area contributed by atoms with Crippen LogP contribution in [0.1, 0.15) is 31.8 Å². The summed E-state index contributed by atoms with van der Waals surface area (Å²) in [5.41, 5.74) is -1.39. The van der Waals surface area contributed by atoms with Gasteiger partial charge < -0.3 is 59.6 Å². The summed E-state index contributed by atoms with van der Waals surface area (Å²) in [4.78, 5) is 108. The maximum Gasteiger partial charge on any atom is 0.329 e. The Labute approximate surface area is 403 Å². The first-order chi connectivity index (χ1) is 34.8. The number of carbonyl (C=O) groups is 4. The zero-order valence-corrected chi connectivity index (χ0v) is 37.4. The van der Waals surface area contributed by atoms with E-state index >= 15 is 0 Å². The molecule has 4 heterocycles. The van der Waals surface area contributed by atoms with Crippen LogP contribution < -0.4 is 47.9 Å². The molecule has 8 aromatic rings. The molecule has 0 spiro atoms. The predicted octanol–water partition coefficient (Wildman–Crippen LogP) is 3.15. The van der Waals surface area contributed by atoms with Crippen LogP contribution >= 0.6 is 0 Å². The Hall–Kier alpha value is -9.62. The minimum absolute atomic E-state index is 0.0339. The van der Waals surface area contributed by atoms with E-state index in [-0.39, 0.29) is 42.1 Å². The Morgan fingerprint density at radius 2 is 0.945 bits per heavy atom. The molecule has 378 valence electrons. The topological polar surface area (TPSA) is 284 Å². The smallest absolute Gasteiger partial charge is 0.329 e. The molecule has 0 bridgehead atoms. The molecule has 20 nitrogen and oxygen atoms in total. The van der Waals surface area contributed by atoms with E-state index < -0.39 is 105 Å². The van der Waals surface area contributed by atoms with Crippen LogP contribution in [0.25, 0.3) is 22.1 Å². The highest BCUT2D eigenvalue weighted by Crippen LogP contribution is 2.19. The van der Waals surface area contributed by atoms with Gasteiger partial charge >= 0.3 is 17.3 Å². The summed E-state index contributed by atoms with van der Waals surface area (Å²) >= 11 is 0. The fraction of sp³-hybridized carbons (Fsp3) is 0.149. The number of rotatable bonds is 16. The first-order valence-corrected chi connectivity index (χ1v) is 21.2. The lowest BCUT2D eigenvalue weighted by atomic mass is 10.2. The van der Waals surface area contributed by atoms with Gasteiger partial charge in [0.25, 0.3) is 22.9 Å². The number of aliphatic carboxylic acids is 1. The Kier molecular flexibility index (Phi) is 15.4. The Balaban J connectivity index is 0.000000214. The van der Waals surface area contributed by atoms with E-state index in [4.69, 9.17) is 9.47 Å². The SMILES string of the molecule is CNC(=O)[C@H](COc1ccc2[nH]c(=O)[nH]c2c1)NC(=O)c1cccn(Cc2cc(F)c(F)c(F)c2)c1=O.O=C(N[C@@H](COc1ccc2[nH]c(=O)[nH]c2c1)C(=O)O)c1cccn(Cc2cc(F)c(F)c(F)c2)c1=O. The van der Waals surface area contributed by atoms with Crippen molar-refractivity contribution in [2.45, 2.75) is 25.2 Å². The zero-order valence-electron chi connectivity index (χ0n) is 37.4. The van der Waals surface area contributed by atoms with E-state index in [9.17, 15) is 69.8 Å². The molecule has 4 aromatic heterocycles. The average molecular weight is 1020 g/mol. The van der Waals surface area contributed by atoms with Gasteiger partial charge in [0, 0.05) is 31.6 Å². The molecule has 26 heteroatoms. The molecule has 2 atom stereocenters. The van der Waals surface area contributed by atoms with Crippen molar-refractivity contribution in [1.82, 2.24) is 45.0 Å². The maximum atomic E-state index is 13.5. The van der Waals surface area contributed by atoms with Crippen LogP contribution in [0.2, 0.25) is 0 Å². The Morgan fingerprint density at radius 3 is 1.34 bits per heavy atom. The van der Waals surface area contributed by atoms with Crippen LogP contribution in [-0.2, 0) is 22.7 Å². The number of hydrogen-bond donors (Lipinski definition) is 8. The second-order valence-corrected chi connectivity index (χ2v) is 15.7. The van der Waals surface area contributed by atoms with Crippen LogP contribution in [0.4, 0.5) is 26.3 Å². The minimum Gasteiger partial charge on any atom is -0.491 e. The van der Waals surface area contributed by atoms with Crippen molar-refractivity contribution in [3.05, 3.63) is 196 Å². The molecule has 0 saturated carbocycles. The summed E-state index contributed by atoms with van der Waals surface area (Å²) in [6, 6.07) is 14.4. The van der Waals surface area contributed by atoms with Crippen LogP contribution in [-0.4, -0.2) is 90.2 Å². The number of nitrogens with one attached hydrogen (secondary N) is 7. The number of fused-ring (bicyclic) bond motifs is 2. The summed E-state index contributed by atoms with van der Waals surface area (Å²) in [6.45, 7) is -1.51. The Morgan fingerprint density at radius 1 is 0.562 bits per heavy atom. The molecule has 3 amide bonds. The highest BCUT2D eigenvalue weighted by molar-refractivity contribution is 5.97. The third-order valence-corrected chi connectivity index (χ3v) is 10.6. The lowest BCUT2D eigenvalue weighted by Gasteiger charge is -2.18. The predicted molar refractivity (Wildman–Crippen MR) is 245 cm³/mol. The normalized spacial score (nSPS) is 11.8. The number of benzene rings is 4. The molecule has 0 radical (unpaired) electrons. The number of aromatic nitrogens is 6. The number of ether oxygens (including phenoxy) is 2. The maximum absolute atomic E-state index is 13.5. The van der Waals surface area contributed by atoms with Gasteiger partial charge in [-0.05, 0) is 83.9 Å². The number of pyridine rings is 2. The van der Waals surface area contributed by atoms with Crippen LogP contribution in [0, 0.1) is 34.9 Å². The zero-order chi connectivity index (χ0) is 52.7. The quantitative estimate of drug-likeness (QED) is 0.0514.